The van der Waals surface area contributed by atoms with Gasteiger partial charge in [0.2, 0.25) is 10.3 Å². The molecular weight excluding hydrogens is 446 g/mol. The molecule has 152 valence electrons. The average Bonchev–Trinajstić information content (AvgIpc) is 3.39. The Morgan fingerprint density at radius 3 is 2.80 bits per heavy atom. The van der Waals surface area contributed by atoms with Gasteiger partial charge in [-0.15, -0.1) is 11.3 Å². The van der Waals surface area contributed by atoms with Crippen LogP contribution in [0.2, 0.25) is 0 Å². The molecule has 2 aromatic rings. The Bertz CT molecular complexity index is 1300. The van der Waals surface area contributed by atoms with E-state index in [9.17, 15) is 13.2 Å². The van der Waals surface area contributed by atoms with E-state index in [2.05, 4.69) is 15.3 Å². The molecule has 30 heavy (non-hydrogen) atoms. The molecule has 1 aliphatic carbocycles. The van der Waals surface area contributed by atoms with Gasteiger partial charge in [-0.2, -0.15) is 8.42 Å². The molecule has 0 bridgehead atoms. The summed E-state index contributed by atoms with van der Waals surface area (Å²) in [5, 5.41) is 5.11. The molecule has 2 heterocycles. The first kappa shape index (κ1) is 20.3. The SMILES string of the molecule is COc1cccc(CNC(=O)C2=NC3=CC=C(Cl)C(=S(=O)=O)C3=C2c2nccs2)c1. The van der Waals surface area contributed by atoms with Crippen molar-refractivity contribution in [2.75, 3.05) is 7.11 Å². The Morgan fingerprint density at radius 1 is 1.27 bits per heavy atom. The van der Waals surface area contributed by atoms with Crippen molar-refractivity contribution in [2.24, 2.45) is 4.99 Å². The van der Waals surface area contributed by atoms with Gasteiger partial charge in [-0.3, -0.25) is 4.79 Å². The van der Waals surface area contributed by atoms with Crippen LogP contribution < -0.4 is 10.1 Å². The molecule has 1 aromatic heterocycles. The van der Waals surface area contributed by atoms with Crippen LogP contribution in [-0.2, 0) is 21.6 Å². The smallest absolute Gasteiger partial charge is 0.270 e. The lowest BCUT2D eigenvalue weighted by molar-refractivity contribution is -0.114. The Morgan fingerprint density at radius 2 is 2.10 bits per heavy atom. The number of halogens is 1. The van der Waals surface area contributed by atoms with E-state index in [1.807, 2.05) is 24.3 Å². The number of ether oxygens (including phenoxy) is 1. The van der Waals surface area contributed by atoms with Crippen LogP contribution in [0.25, 0.3) is 5.57 Å². The number of aromatic nitrogens is 1. The highest BCUT2D eigenvalue weighted by molar-refractivity contribution is 7.74. The average molecular weight is 460 g/mol. The number of hydrogen-bond donors (Lipinski definition) is 1. The zero-order valence-electron chi connectivity index (χ0n) is 15.5. The number of benzene rings is 1. The summed E-state index contributed by atoms with van der Waals surface area (Å²) in [5.41, 5.74) is 1.94. The predicted octanol–water partition coefficient (Wildman–Crippen LogP) is 2.75. The molecular formula is C20H14ClN3O4S2. The minimum atomic E-state index is -2.61. The molecule has 0 atom stereocenters. The number of carbonyl (C=O) groups excluding carboxylic acids is 1. The lowest BCUT2D eigenvalue weighted by Gasteiger charge is -2.11. The van der Waals surface area contributed by atoms with Crippen molar-refractivity contribution in [3.63, 3.8) is 0 Å². The fourth-order valence-electron chi connectivity index (χ4n) is 3.11. The van der Waals surface area contributed by atoms with Crippen LogP contribution in [0.4, 0.5) is 0 Å². The zero-order chi connectivity index (χ0) is 21.3. The van der Waals surface area contributed by atoms with Gasteiger partial charge in [0.1, 0.15) is 21.3 Å². The van der Waals surface area contributed by atoms with Crippen molar-refractivity contribution in [3.05, 3.63) is 74.9 Å². The predicted molar refractivity (Wildman–Crippen MR) is 117 cm³/mol. The maximum atomic E-state index is 13.0. The molecule has 0 saturated carbocycles. The second-order valence-corrected chi connectivity index (χ2v) is 8.39. The topological polar surface area (TPSA) is 97.7 Å². The number of hydrogen-bond acceptors (Lipinski definition) is 7. The summed E-state index contributed by atoms with van der Waals surface area (Å²) in [6, 6.07) is 7.31. The molecule has 2 aliphatic rings. The number of methoxy groups -OCH3 is 1. The zero-order valence-corrected chi connectivity index (χ0v) is 17.9. The van der Waals surface area contributed by atoms with E-state index < -0.39 is 16.2 Å². The molecule has 4 rings (SSSR count). The molecule has 1 amide bonds. The van der Waals surface area contributed by atoms with Crippen LogP contribution in [0, 0.1) is 0 Å². The van der Waals surface area contributed by atoms with Gasteiger partial charge in [0.15, 0.2) is 0 Å². The van der Waals surface area contributed by atoms with Crippen molar-refractivity contribution in [1.82, 2.24) is 10.3 Å². The lowest BCUT2D eigenvalue weighted by atomic mass is 9.98. The van der Waals surface area contributed by atoms with Crippen LogP contribution >= 0.6 is 22.9 Å². The molecule has 1 N–H and O–H groups in total. The first-order valence-electron chi connectivity index (χ1n) is 8.68. The molecule has 1 aliphatic heterocycles. The summed E-state index contributed by atoms with van der Waals surface area (Å²) < 4.78 is 28.9. The number of nitrogens with zero attached hydrogens (tertiary/aromatic N) is 2. The molecule has 0 spiro atoms. The van der Waals surface area contributed by atoms with E-state index in [4.69, 9.17) is 16.3 Å². The van der Waals surface area contributed by atoms with E-state index in [0.717, 1.165) is 5.56 Å². The van der Waals surface area contributed by atoms with Crippen molar-refractivity contribution >= 4 is 55.3 Å². The summed E-state index contributed by atoms with van der Waals surface area (Å²) in [5.74, 6) is 0.234. The maximum absolute atomic E-state index is 13.0. The number of thiazole rings is 1. The molecule has 0 radical (unpaired) electrons. The molecule has 0 saturated heterocycles. The second kappa shape index (κ2) is 8.39. The van der Waals surface area contributed by atoms with Crippen molar-refractivity contribution in [1.29, 1.82) is 0 Å². The van der Waals surface area contributed by atoms with Crippen molar-refractivity contribution in [2.45, 2.75) is 6.54 Å². The largest absolute Gasteiger partial charge is 0.497 e. The van der Waals surface area contributed by atoms with Crippen LogP contribution in [0.3, 0.4) is 0 Å². The van der Waals surface area contributed by atoms with Crippen molar-refractivity contribution < 1.29 is 17.9 Å². The number of carbonyl (C=O) groups is 1. The number of nitrogens with one attached hydrogen (secondary N) is 1. The third-order valence-corrected chi connectivity index (χ3v) is 6.40. The normalized spacial score (nSPS) is 15.3. The minimum absolute atomic E-state index is 0.0596. The Balaban J connectivity index is 1.72. The summed E-state index contributed by atoms with van der Waals surface area (Å²) in [6.07, 6.45) is 4.62. The molecule has 1 aromatic carbocycles. The molecule has 10 heteroatoms. The second-order valence-electron chi connectivity index (χ2n) is 6.21. The summed E-state index contributed by atoms with van der Waals surface area (Å²) >= 11 is 7.42. The van der Waals surface area contributed by atoms with Gasteiger partial charge in [-0.25, -0.2) is 9.98 Å². The monoisotopic (exact) mass is 459 g/mol. The van der Waals surface area contributed by atoms with Gasteiger partial charge < -0.3 is 10.1 Å². The van der Waals surface area contributed by atoms with E-state index in [-0.39, 0.29) is 27.7 Å². The highest BCUT2D eigenvalue weighted by Gasteiger charge is 2.36. The lowest BCUT2D eigenvalue weighted by Crippen LogP contribution is -2.31. The molecule has 0 unspecified atom stereocenters. The number of aliphatic imine (C=N–C) groups is 1. The number of allylic oxidation sites excluding steroid dienone is 4. The number of amides is 1. The van der Waals surface area contributed by atoms with E-state index in [1.54, 1.807) is 24.8 Å². The van der Waals surface area contributed by atoms with Gasteiger partial charge in [0.05, 0.1) is 23.4 Å². The molecule has 7 nitrogen and oxygen atoms in total. The van der Waals surface area contributed by atoms with Gasteiger partial charge in [-0.05, 0) is 29.8 Å². The third kappa shape index (κ3) is 3.74. The van der Waals surface area contributed by atoms with E-state index >= 15 is 0 Å². The first-order valence-corrected chi connectivity index (χ1v) is 11.0. The fourth-order valence-corrected chi connectivity index (χ4v) is 4.74. The summed E-state index contributed by atoms with van der Waals surface area (Å²) in [7, 11) is -1.05. The molecule has 0 fully saturated rings. The number of rotatable bonds is 5. The van der Waals surface area contributed by atoms with Crippen LogP contribution in [0.1, 0.15) is 10.6 Å². The Hall–Kier alpha value is -3.01. The summed E-state index contributed by atoms with van der Waals surface area (Å²) in [4.78, 5) is 21.6. The Kier molecular flexibility index (Phi) is 5.67. The van der Waals surface area contributed by atoms with E-state index in [0.29, 0.717) is 22.0 Å². The Labute approximate surface area is 182 Å². The minimum Gasteiger partial charge on any atom is -0.497 e. The quantitative estimate of drug-likeness (QED) is 0.693. The van der Waals surface area contributed by atoms with Gasteiger partial charge in [0.25, 0.3) is 5.91 Å². The van der Waals surface area contributed by atoms with Crippen LogP contribution in [0.15, 0.2) is 69.3 Å². The highest BCUT2D eigenvalue weighted by atomic mass is 35.5. The number of fused-ring (bicyclic) bond motifs is 1. The van der Waals surface area contributed by atoms with Crippen LogP contribution in [-0.4, -0.2) is 37.0 Å². The van der Waals surface area contributed by atoms with E-state index in [1.165, 1.54) is 17.4 Å². The highest BCUT2D eigenvalue weighted by Crippen LogP contribution is 2.38. The van der Waals surface area contributed by atoms with Gasteiger partial charge in [-0.1, -0.05) is 23.7 Å². The van der Waals surface area contributed by atoms with Gasteiger partial charge in [0, 0.05) is 23.7 Å². The standard InChI is InChI=1S/C20H14ClN3O4S2/c1-28-12-4-2-3-11(9-12)10-23-19(25)17-16(20-22-7-8-29-20)15-14(24-17)6-5-13(21)18(15)30(26)27/h2-9H,10H2,1H3,(H,23,25). The van der Waals surface area contributed by atoms with Crippen molar-refractivity contribution in [3.8, 4) is 5.75 Å². The third-order valence-electron chi connectivity index (χ3n) is 4.42. The summed E-state index contributed by atoms with van der Waals surface area (Å²) in [6.45, 7) is 0.248. The van der Waals surface area contributed by atoms with Gasteiger partial charge >= 0.3 is 0 Å². The fraction of sp³-hybridized carbons (Fsp3) is 0.100. The first-order chi connectivity index (χ1) is 14.5. The maximum Gasteiger partial charge on any atom is 0.270 e. The van der Waals surface area contributed by atoms with Crippen LogP contribution in [0.5, 0.6) is 5.75 Å².